The largest absolute Gasteiger partial charge is 0.326 e. The van der Waals surface area contributed by atoms with Gasteiger partial charge in [-0.1, -0.05) is 23.8 Å². The highest BCUT2D eigenvalue weighted by molar-refractivity contribution is 7.89. The van der Waals surface area contributed by atoms with E-state index in [-0.39, 0.29) is 11.7 Å². The summed E-state index contributed by atoms with van der Waals surface area (Å²) in [4.78, 5) is 12.4. The first-order chi connectivity index (χ1) is 13.3. The maximum Gasteiger partial charge on any atom is 0.243 e. The molecular formula is C21H25FN2O3S. The molecule has 0 aromatic heterocycles. The first-order valence-corrected chi connectivity index (χ1v) is 10.9. The summed E-state index contributed by atoms with van der Waals surface area (Å²) >= 11 is 0. The van der Waals surface area contributed by atoms with Crippen LogP contribution in [0.2, 0.25) is 0 Å². The van der Waals surface area contributed by atoms with Gasteiger partial charge in [0.15, 0.2) is 0 Å². The fraction of sp³-hybridized carbons (Fsp3) is 0.381. The van der Waals surface area contributed by atoms with Crippen LogP contribution in [0, 0.1) is 18.7 Å². The fourth-order valence-corrected chi connectivity index (χ4v) is 4.89. The van der Waals surface area contributed by atoms with Gasteiger partial charge in [0.25, 0.3) is 0 Å². The van der Waals surface area contributed by atoms with Gasteiger partial charge in [-0.25, -0.2) is 12.8 Å². The van der Waals surface area contributed by atoms with Gasteiger partial charge in [0, 0.05) is 25.2 Å². The van der Waals surface area contributed by atoms with E-state index in [1.54, 1.807) is 36.4 Å². The topological polar surface area (TPSA) is 66.5 Å². The number of hydrogen-bond donors (Lipinski definition) is 1. The Morgan fingerprint density at radius 2 is 1.82 bits per heavy atom. The Balaban J connectivity index is 1.47. The number of benzene rings is 2. The molecule has 28 heavy (non-hydrogen) atoms. The SMILES string of the molecule is Cc1ccc(S(=O)(=O)N2CCC(CCC(=O)Nc3cccc(F)c3)CC2)cc1. The number of nitrogens with zero attached hydrogens (tertiary/aromatic N) is 1. The fourth-order valence-electron chi connectivity index (χ4n) is 3.42. The minimum absolute atomic E-state index is 0.152. The van der Waals surface area contributed by atoms with Crippen LogP contribution < -0.4 is 5.32 Å². The third kappa shape index (κ3) is 5.17. The van der Waals surface area contributed by atoms with Crippen molar-refractivity contribution in [3.8, 4) is 0 Å². The lowest BCUT2D eigenvalue weighted by Crippen LogP contribution is -2.38. The Bertz CT molecular complexity index is 921. The van der Waals surface area contributed by atoms with Crippen molar-refractivity contribution in [2.45, 2.75) is 37.5 Å². The maximum atomic E-state index is 13.2. The van der Waals surface area contributed by atoms with Gasteiger partial charge in [0.2, 0.25) is 15.9 Å². The lowest BCUT2D eigenvalue weighted by molar-refractivity contribution is -0.116. The van der Waals surface area contributed by atoms with E-state index in [0.717, 1.165) is 18.4 Å². The second kappa shape index (κ2) is 8.84. The first kappa shape index (κ1) is 20.5. The molecule has 0 bridgehead atoms. The van der Waals surface area contributed by atoms with Gasteiger partial charge in [-0.05, 0) is 62.4 Å². The van der Waals surface area contributed by atoms with E-state index in [9.17, 15) is 17.6 Å². The smallest absolute Gasteiger partial charge is 0.243 e. The number of carbonyl (C=O) groups is 1. The highest BCUT2D eigenvalue weighted by atomic mass is 32.2. The van der Waals surface area contributed by atoms with Crippen LogP contribution >= 0.6 is 0 Å². The van der Waals surface area contributed by atoms with Gasteiger partial charge < -0.3 is 5.32 Å². The molecule has 0 spiro atoms. The molecule has 1 aliphatic rings. The number of halogens is 1. The zero-order valence-corrected chi connectivity index (χ0v) is 16.7. The highest BCUT2D eigenvalue weighted by Crippen LogP contribution is 2.26. The van der Waals surface area contributed by atoms with Crippen LogP contribution in [-0.4, -0.2) is 31.7 Å². The summed E-state index contributed by atoms with van der Waals surface area (Å²) in [5.41, 5.74) is 1.47. The molecule has 7 heteroatoms. The summed E-state index contributed by atoms with van der Waals surface area (Å²) in [5.74, 6) is -0.233. The highest BCUT2D eigenvalue weighted by Gasteiger charge is 2.29. The molecule has 0 atom stereocenters. The molecule has 0 unspecified atom stereocenters. The molecule has 150 valence electrons. The molecule has 1 saturated heterocycles. The summed E-state index contributed by atoms with van der Waals surface area (Å²) in [7, 11) is -3.46. The molecule has 1 aliphatic heterocycles. The molecular weight excluding hydrogens is 379 g/mol. The average molecular weight is 405 g/mol. The van der Waals surface area contributed by atoms with Crippen molar-refractivity contribution in [3.05, 3.63) is 59.9 Å². The number of anilines is 1. The molecule has 1 N–H and O–H groups in total. The van der Waals surface area contributed by atoms with E-state index in [0.29, 0.717) is 42.4 Å². The number of sulfonamides is 1. The Morgan fingerprint density at radius 3 is 2.46 bits per heavy atom. The third-order valence-corrected chi connectivity index (χ3v) is 7.03. The summed E-state index contributed by atoms with van der Waals surface area (Å²) in [6.07, 6.45) is 2.50. The second-order valence-corrected chi connectivity index (χ2v) is 9.20. The number of rotatable bonds is 6. The molecule has 1 amide bonds. The molecule has 5 nitrogen and oxygen atoms in total. The lowest BCUT2D eigenvalue weighted by Gasteiger charge is -2.31. The van der Waals surface area contributed by atoms with Gasteiger partial charge in [-0.2, -0.15) is 4.31 Å². The number of amides is 1. The van der Waals surface area contributed by atoms with Crippen molar-refractivity contribution in [1.29, 1.82) is 0 Å². The molecule has 1 fully saturated rings. The van der Waals surface area contributed by atoms with Crippen LogP contribution in [0.5, 0.6) is 0 Å². The molecule has 2 aromatic rings. The molecule has 0 radical (unpaired) electrons. The summed E-state index contributed by atoms with van der Waals surface area (Å²) in [6.45, 7) is 2.85. The van der Waals surface area contributed by atoms with Crippen molar-refractivity contribution in [3.63, 3.8) is 0 Å². The van der Waals surface area contributed by atoms with Crippen molar-refractivity contribution in [2.75, 3.05) is 18.4 Å². The van der Waals surface area contributed by atoms with Crippen LogP contribution in [-0.2, 0) is 14.8 Å². The number of hydrogen-bond acceptors (Lipinski definition) is 3. The Hall–Kier alpha value is -2.25. The quantitative estimate of drug-likeness (QED) is 0.793. The summed E-state index contributed by atoms with van der Waals surface area (Å²) in [6, 6.07) is 12.7. The van der Waals surface area contributed by atoms with E-state index >= 15 is 0 Å². The Labute approximate surface area is 165 Å². The number of aryl methyl sites for hydroxylation is 1. The number of nitrogens with one attached hydrogen (secondary N) is 1. The van der Waals surface area contributed by atoms with Crippen LogP contribution in [0.1, 0.15) is 31.2 Å². The Morgan fingerprint density at radius 1 is 1.14 bits per heavy atom. The predicted octanol–water partition coefficient (Wildman–Crippen LogP) is 3.95. The van der Waals surface area contributed by atoms with Crippen LogP contribution in [0.3, 0.4) is 0 Å². The van der Waals surface area contributed by atoms with Gasteiger partial charge in [-0.3, -0.25) is 4.79 Å². The number of piperidine rings is 1. The van der Waals surface area contributed by atoms with Gasteiger partial charge in [0.1, 0.15) is 5.82 Å². The van der Waals surface area contributed by atoms with Crippen molar-refractivity contribution >= 4 is 21.6 Å². The zero-order valence-electron chi connectivity index (χ0n) is 15.9. The van der Waals surface area contributed by atoms with Crippen molar-refractivity contribution in [2.24, 2.45) is 5.92 Å². The summed E-state index contributed by atoms with van der Waals surface area (Å²) in [5, 5.41) is 2.70. The van der Waals surface area contributed by atoms with Crippen LogP contribution in [0.15, 0.2) is 53.4 Å². The molecule has 0 aliphatic carbocycles. The van der Waals surface area contributed by atoms with Gasteiger partial charge >= 0.3 is 0 Å². The number of carbonyl (C=O) groups excluding carboxylic acids is 1. The summed E-state index contributed by atoms with van der Waals surface area (Å²) < 4.78 is 40.2. The minimum Gasteiger partial charge on any atom is -0.326 e. The monoisotopic (exact) mass is 404 g/mol. The van der Waals surface area contributed by atoms with E-state index in [1.165, 1.54) is 16.4 Å². The maximum absolute atomic E-state index is 13.2. The lowest BCUT2D eigenvalue weighted by atomic mass is 9.93. The van der Waals surface area contributed by atoms with E-state index in [4.69, 9.17) is 0 Å². The van der Waals surface area contributed by atoms with Gasteiger partial charge in [0.05, 0.1) is 4.90 Å². The standard InChI is InChI=1S/C21H25FN2O3S/c1-16-5-8-20(9-6-16)28(26,27)24-13-11-17(12-14-24)7-10-21(25)23-19-4-2-3-18(22)15-19/h2-6,8-9,15,17H,7,10-14H2,1H3,(H,23,25). The van der Waals surface area contributed by atoms with Crippen LogP contribution in [0.4, 0.5) is 10.1 Å². The van der Waals surface area contributed by atoms with Crippen LogP contribution in [0.25, 0.3) is 0 Å². The molecule has 0 saturated carbocycles. The van der Waals surface area contributed by atoms with E-state index in [2.05, 4.69) is 5.32 Å². The predicted molar refractivity (Wildman–Crippen MR) is 107 cm³/mol. The van der Waals surface area contributed by atoms with Crippen molar-refractivity contribution < 1.29 is 17.6 Å². The molecule has 2 aromatic carbocycles. The second-order valence-electron chi connectivity index (χ2n) is 7.26. The zero-order chi connectivity index (χ0) is 20.1. The molecule has 1 heterocycles. The average Bonchev–Trinajstić information content (AvgIpc) is 2.67. The minimum atomic E-state index is -3.46. The first-order valence-electron chi connectivity index (χ1n) is 9.47. The molecule has 3 rings (SSSR count). The van der Waals surface area contributed by atoms with E-state index < -0.39 is 10.0 Å². The Kier molecular flexibility index (Phi) is 6.46. The van der Waals surface area contributed by atoms with Crippen molar-refractivity contribution in [1.82, 2.24) is 4.31 Å². The normalized spacial score (nSPS) is 16.1. The van der Waals surface area contributed by atoms with Gasteiger partial charge in [-0.15, -0.1) is 0 Å². The van der Waals surface area contributed by atoms with E-state index in [1.807, 2.05) is 6.92 Å². The third-order valence-electron chi connectivity index (χ3n) is 5.12.